The first-order valence-electron chi connectivity index (χ1n) is 36.7. The first-order valence-corrected chi connectivity index (χ1v) is 36.7. The van der Waals surface area contributed by atoms with Gasteiger partial charge in [0, 0.05) is 51.4 Å². The Morgan fingerprint density at radius 3 is 0.461 bits per heavy atom. The molecule has 8 heteroatoms. The molecule has 8 aromatic carbocycles. The van der Waals surface area contributed by atoms with Crippen LogP contribution in [0.3, 0.4) is 0 Å². The maximum atomic E-state index is 12.7. The molecule has 6 N–H and O–H groups in total. The summed E-state index contributed by atoms with van der Waals surface area (Å²) in [5.74, 6) is 14.9. The van der Waals surface area contributed by atoms with Gasteiger partial charge in [0.05, 0.1) is 0 Å². The topological polar surface area (TPSA) is 140 Å². The smallest absolute Gasteiger partial charge is 0.150 e. The second-order valence-electron chi connectivity index (χ2n) is 37.7. The Morgan fingerprint density at radius 1 is 0.216 bits per heavy atom. The van der Waals surface area contributed by atoms with Crippen molar-refractivity contribution < 1.29 is 40.1 Å². The van der Waals surface area contributed by atoms with Gasteiger partial charge in [-0.1, -0.05) is 263 Å². The summed E-state index contributed by atoms with van der Waals surface area (Å²) in [5, 5.41) is 75.4. The summed E-state index contributed by atoms with van der Waals surface area (Å²) in [6, 6.07) is 33.9. The number of fused-ring (bicyclic) bond motifs is 16. The molecule has 0 heterocycles. The van der Waals surface area contributed by atoms with E-state index < -0.39 is 0 Å². The van der Waals surface area contributed by atoms with E-state index in [2.05, 4.69) is 287 Å². The number of rotatable bonds is 4. The van der Waals surface area contributed by atoms with Crippen molar-refractivity contribution in [3.8, 4) is 69.7 Å². The van der Waals surface area contributed by atoms with E-state index in [-0.39, 0.29) is 117 Å². The predicted molar refractivity (Wildman–Crippen MR) is 420 cm³/mol. The Hall–Kier alpha value is -8.72. The van der Waals surface area contributed by atoms with E-state index in [1.165, 1.54) is 0 Å². The Balaban J connectivity index is 1.08. The highest BCUT2D eigenvalue weighted by molar-refractivity contribution is 5.63. The second-order valence-corrected chi connectivity index (χ2v) is 37.7. The minimum atomic E-state index is -0.296. The van der Waals surface area contributed by atoms with E-state index in [0.29, 0.717) is 81.7 Å². The molecule has 2 aliphatic rings. The van der Waals surface area contributed by atoms with Gasteiger partial charge in [0.2, 0.25) is 0 Å². The molecule has 0 aromatic heterocycles. The summed E-state index contributed by atoms with van der Waals surface area (Å²) >= 11 is 0. The van der Waals surface area contributed by atoms with Crippen LogP contribution in [0.1, 0.15) is 300 Å². The first kappa shape index (κ1) is 75.9. The lowest BCUT2D eigenvalue weighted by molar-refractivity contribution is 0.361. The number of phenolic OH excluding ortho intramolecular Hbond substituents is 6. The third-order valence-corrected chi connectivity index (χ3v) is 20.9. The molecular formula is C94H114O8. The van der Waals surface area contributed by atoms with Crippen LogP contribution in [-0.2, 0) is 94.7 Å². The zero-order valence-electron chi connectivity index (χ0n) is 65.8. The molecule has 0 fully saturated rings. The summed E-state index contributed by atoms with van der Waals surface area (Å²) < 4.78 is 14.0. The molecule has 0 atom stereocenters. The average Bonchev–Trinajstić information content (AvgIpc) is 0.771. The van der Waals surface area contributed by atoms with Crippen molar-refractivity contribution in [1.29, 1.82) is 0 Å². The van der Waals surface area contributed by atoms with E-state index in [0.717, 1.165) is 89.0 Å². The van der Waals surface area contributed by atoms with E-state index in [1.54, 1.807) is 0 Å². The maximum absolute atomic E-state index is 12.7. The van der Waals surface area contributed by atoms with Gasteiger partial charge in [-0.15, -0.1) is 0 Å². The molecule has 0 unspecified atom stereocenters. The van der Waals surface area contributed by atoms with Gasteiger partial charge in [-0.25, -0.2) is 0 Å². The number of hydrogen-bond acceptors (Lipinski definition) is 8. The van der Waals surface area contributed by atoms with E-state index in [9.17, 15) is 30.6 Å². The molecule has 0 amide bonds. The zero-order chi connectivity index (χ0) is 75.1. The molecule has 0 radical (unpaired) electrons. The highest BCUT2D eigenvalue weighted by Gasteiger charge is 2.32. The number of hydrogen-bond donors (Lipinski definition) is 6. The third-order valence-electron chi connectivity index (χ3n) is 20.9. The molecule has 2 aliphatic carbocycles. The summed E-state index contributed by atoms with van der Waals surface area (Å²) in [5.41, 5.74) is 18.4. The van der Waals surface area contributed by atoms with Crippen molar-refractivity contribution in [2.24, 2.45) is 0 Å². The largest absolute Gasteiger partial charge is 0.507 e. The molecule has 0 spiro atoms. The van der Waals surface area contributed by atoms with Crippen molar-refractivity contribution >= 4 is 0 Å². The minimum absolute atomic E-state index is 0.0179. The van der Waals surface area contributed by atoms with Gasteiger partial charge in [0.1, 0.15) is 59.2 Å². The fourth-order valence-corrected chi connectivity index (χ4v) is 14.1. The molecule has 8 nitrogen and oxygen atoms in total. The van der Waals surface area contributed by atoms with Gasteiger partial charge in [0.15, 0.2) is 0 Å². The lowest BCUT2D eigenvalue weighted by Crippen LogP contribution is -2.16. The third kappa shape index (κ3) is 16.8. The van der Waals surface area contributed by atoms with Crippen molar-refractivity contribution in [2.75, 3.05) is 13.2 Å². The molecule has 8 aromatic rings. The summed E-state index contributed by atoms with van der Waals surface area (Å²) in [4.78, 5) is 0. The zero-order valence-corrected chi connectivity index (χ0v) is 65.8. The highest BCUT2D eigenvalue weighted by Crippen LogP contribution is 2.47. The van der Waals surface area contributed by atoms with Gasteiger partial charge in [-0.3, -0.25) is 0 Å². The van der Waals surface area contributed by atoms with Crippen LogP contribution in [0.15, 0.2) is 97.1 Å². The molecule has 0 aliphatic heterocycles. The fourth-order valence-electron chi connectivity index (χ4n) is 14.1. The number of benzene rings is 8. The number of ether oxygens (including phenoxy) is 2. The quantitative estimate of drug-likeness (QED) is 0.0958. The van der Waals surface area contributed by atoms with Crippen molar-refractivity contribution in [3.05, 3.63) is 231 Å². The van der Waals surface area contributed by atoms with Crippen molar-refractivity contribution in [1.82, 2.24) is 0 Å². The van der Waals surface area contributed by atoms with Crippen LogP contribution in [0.5, 0.6) is 46.0 Å². The monoisotopic (exact) mass is 1370 g/mol. The SMILES string of the molecule is CC(C)(C)c1cc2c(O)c(c1)Cc1cc(C(C)(C)C)cc(c1O)Cc1cc(C(C)(C)C)cc(c1OCC#CC#CCOc1c3cc(C(C)(C)C)cc1Cc1cc(C(C)(C)C)cc(c1O)Cc1cc(C(C)(C)C)cc(c1O)Cc1cc(C(C)(C)C)cc(c1O)C3)Cc1cc(C(C)(C)C)cc(c1O)C2. The van der Waals surface area contributed by atoms with E-state index >= 15 is 0 Å². The van der Waals surface area contributed by atoms with Crippen molar-refractivity contribution in [2.45, 2.75) is 261 Å². The van der Waals surface area contributed by atoms with Crippen LogP contribution in [0.25, 0.3) is 0 Å². The molecular weight excluding hydrogens is 1260 g/mol. The van der Waals surface area contributed by atoms with Gasteiger partial charge in [-0.05, 0) is 201 Å². The van der Waals surface area contributed by atoms with E-state index in [4.69, 9.17) is 9.47 Å². The predicted octanol–water partition coefficient (Wildman–Crippen LogP) is 21.1. The molecule has 0 saturated carbocycles. The van der Waals surface area contributed by atoms with Crippen LogP contribution < -0.4 is 9.47 Å². The maximum Gasteiger partial charge on any atom is 0.150 e. The molecule has 16 bridgehead atoms. The minimum Gasteiger partial charge on any atom is -0.507 e. The summed E-state index contributed by atoms with van der Waals surface area (Å²) in [6.07, 6.45) is 2.42. The number of phenols is 6. The lowest BCUT2D eigenvalue weighted by atomic mass is 9.79. The van der Waals surface area contributed by atoms with Crippen LogP contribution in [-0.4, -0.2) is 43.9 Å². The van der Waals surface area contributed by atoms with Crippen LogP contribution in [0, 0.1) is 23.7 Å². The van der Waals surface area contributed by atoms with Gasteiger partial charge < -0.3 is 40.1 Å². The molecule has 538 valence electrons. The lowest BCUT2D eigenvalue weighted by Gasteiger charge is -2.27. The standard InChI is InChI=1S/C94H114O8/c1-87(2,3)71-39-55-31-59-43-73(89(7,8)9)47-63(81(59)97)35-67-51-77(93(19,20)21)52-68(36-64-48-74(90(10,11)12)44-60(82(64)98)32-56(40-71)79(55)95)85(67)101-29-27-25-26-28-30-102-86-69-37-65-49-75(91(13,14)15)45-61(83(65)99)33-57-41-72(88(4,5)6)42-58(80(57)96)34-62-46-76(92(16,17)18)50-66(84(62)100)38-70(86)54-78(53-69)94(22,23)24/h39-54,95-100H,29-38H2,1-24H3. The second kappa shape index (κ2) is 27.5. The fraction of sp³-hybridized carbons (Fsp3) is 0.447. The van der Waals surface area contributed by atoms with Gasteiger partial charge in [-0.2, -0.15) is 0 Å². The summed E-state index contributed by atoms with van der Waals surface area (Å²) in [7, 11) is 0. The van der Waals surface area contributed by atoms with Crippen molar-refractivity contribution in [3.63, 3.8) is 0 Å². The van der Waals surface area contributed by atoms with Crippen LogP contribution >= 0.6 is 0 Å². The normalized spacial score (nSPS) is 13.9. The number of aromatic hydroxyl groups is 6. The Morgan fingerprint density at radius 2 is 0.333 bits per heavy atom. The molecule has 10 rings (SSSR count). The Kier molecular flexibility index (Phi) is 20.5. The van der Waals surface area contributed by atoms with Crippen LogP contribution in [0.2, 0.25) is 0 Å². The molecule has 0 saturated heterocycles. The Labute approximate surface area is 611 Å². The summed E-state index contributed by atoms with van der Waals surface area (Å²) in [6.45, 7) is 52.4. The van der Waals surface area contributed by atoms with E-state index in [1.807, 2.05) is 0 Å². The first-order chi connectivity index (χ1) is 47.0. The molecule has 102 heavy (non-hydrogen) atoms. The Bertz CT molecular complexity index is 4180. The van der Waals surface area contributed by atoms with Gasteiger partial charge in [0.25, 0.3) is 0 Å². The van der Waals surface area contributed by atoms with Gasteiger partial charge >= 0.3 is 0 Å². The van der Waals surface area contributed by atoms with Crippen LogP contribution in [0.4, 0.5) is 0 Å². The highest BCUT2D eigenvalue weighted by atomic mass is 16.5. The average molecular weight is 1370 g/mol.